The highest BCUT2D eigenvalue weighted by molar-refractivity contribution is 5.97. The number of carbonyl (C=O) groups is 4. The van der Waals surface area contributed by atoms with Gasteiger partial charge in [-0.15, -0.1) is 0 Å². The second kappa shape index (κ2) is 16.5. The first-order valence-corrected chi connectivity index (χ1v) is 19.0. The predicted octanol–water partition coefficient (Wildman–Crippen LogP) is 4.29. The fraction of sp³-hybridized carbons (Fsp3) is 0.842. The molecule has 1 N–H and O–H groups in total. The van der Waals surface area contributed by atoms with Crippen molar-refractivity contribution in [2.24, 2.45) is 11.3 Å². The van der Waals surface area contributed by atoms with E-state index in [1.807, 2.05) is 47.6 Å². The van der Waals surface area contributed by atoms with Crippen molar-refractivity contribution in [3.05, 3.63) is 11.6 Å². The molecule has 4 aliphatic rings. The zero-order valence-electron chi connectivity index (χ0n) is 31.6. The van der Waals surface area contributed by atoms with E-state index in [-0.39, 0.29) is 53.7 Å². The highest BCUT2D eigenvalue weighted by Gasteiger charge is 2.42. The van der Waals surface area contributed by atoms with E-state index in [1.54, 1.807) is 16.8 Å². The van der Waals surface area contributed by atoms with Gasteiger partial charge in [-0.25, -0.2) is 0 Å². The lowest BCUT2D eigenvalue weighted by atomic mass is 9.84. The molecule has 272 valence electrons. The van der Waals surface area contributed by atoms with E-state index in [2.05, 4.69) is 33.9 Å². The van der Waals surface area contributed by atoms with Crippen LogP contribution >= 0.6 is 0 Å². The molecule has 4 rings (SSSR count). The van der Waals surface area contributed by atoms with Crippen LogP contribution in [0.1, 0.15) is 113 Å². The van der Waals surface area contributed by atoms with E-state index < -0.39 is 17.5 Å². The molecule has 0 aromatic carbocycles. The van der Waals surface area contributed by atoms with Gasteiger partial charge in [0.2, 0.25) is 23.6 Å². The van der Waals surface area contributed by atoms with Gasteiger partial charge in [0.15, 0.2) is 0 Å². The molecule has 4 amide bonds. The highest BCUT2D eigenvalue weighted by atomic mass is 16.2. The molecule has 10 nitrogen and oxygen atoms in total. The van der Waals surface area contributed by atoms with Crippen molar-refractivity contribution in [2.45, 2.75) is 149 Å². The van der Waals surface area contributed by atoms with Gasteiger partial charge in [-0.1, -0.05) is 47.1 Å². The Morgan fingerprint density at radius 1 is 0.812 bits per heavy atom. The van der Waals surface area contributed by atoms with Crippen LogP contribution in [0.25, 0.3) is 0 Å². The summed E-state index contributed by atoms with van der Waals surface area (Å²) < 4.78 is 0. The third-order valence-electron chi connectivity index (χ3n) is 11.3. The fourth-order valence-electron chi connectivity index (χ4n) is 8.43. The molecule has 1 unspecified atom stereocenters. The molecular weight excluding hydrogens is 604 g/mol. The van der Waals surface area contributed by atoms with E-state index in [9.17, 15) is 19.2 Å². The van der Waals surface area contributed by atoms with E-state index in [4.69, 9.17) is 0 Å². The van der Waals surface area contributed by atoms with Crippen LogP contribution in [0.5, 0.6) is 0 Å². The van der Waals surface area contributed by atoms with Crippen molar-refractivity contribution in [3.63, 3.8) is 0 Å². The van der Waals surface area contributed by atoms with E-state index in [1.165, 1.54) is 12.8 Å². The Bertz CT molecular complexity index is 1170. The molecule has 48 heavy (non-hydrogen) atoms. The van der Waals surface area contributed by atoms with Gasteiger partial charge in [0, 0.05) is 44.3 Å². The van der Waals surface area contributed by atoms with Crippen LogP contribution < -0.4 is 5.32 Å². The summed E-state index contributed by atoms with van der Waals surface area (Å²) in [6.45, 7) is 21.5. The number of likely N-dealkylation sites (N-methyl/N-ethyl adjacent to an activating group) is 1. The topological polar surface area (TPSA) is 96.5 Å². The average Bonchev–Trinajstić information content (AvgIpc) is 3.83. The highest BCUT2D eigenvalue weighted by Crippen LogP contribution is 2.29. The zero-order valence-corrected chi connectivity index (χ0v) is 31.6. The Labute approximate surface area is 291 Å². The Morgan fingerprint density at radius 3 is 2.04 bits per heavy atom. The molecule has 5 atom stereocenters. The summed E-state index contributed by atoms with van der Waals surface area (Å²) in [6, 6.07) is -1.26. The minimum Gasteiger partial charge on any atom is -0.342 e. The molecule has 0 bridgehead atoms. The van der Waals surface area contributed by atoms with Crippen molar-refractivity contribution in [1.29, 1.82) is 0 Å². The van der Waals surface area contributed by atoms with Crippen molar-refractivity contribution in [3.8, 4) is 0 Å². The number of hydrogen-bond donors (Lipinski definition) is 1. The lowest BCUT2D eigenvalue weighted by molar-refractivity contribution is -0.143. The monoisotopic (exact) mass is 671 g/mol. The van der Waals surface area contributed by atoms with Gasteiger partial charge < -0.3 is 24.9 Å². The SMILES string of the molecule is C/C(=C\[C@H](C(C)C)N(C)C(=O)[C@@H](NC(=O)C1CCCCN1C(C)C)C(C)(C)C)C(=O)N1CCC[C@H]1C(=O)N1CCC[C@H]1CN1CCCC1. The van der Waals surface area contributed by atoms with Crippen molar-refractivity contribution in [2.75, 3.05) is 46.3 Å². The largest absolute Gasteiger partial charge is 0.342 e. The Balaban J connectivity index is 1.47. The number of piperidine rings is 1. The summed E-state index contributed by atoms with van der Waals surface area (Å²) in [7, 11) is 1.78. The van der Waals surface area contributed by atoms with Crippen LogP contribution in [-0.4, -0.2) is 131 Å². The minimum absolute atomic E-state index is 0.0275. The zero-order chi connectivity index (χ0) is 35.3. The normalized spacial score (nSPS) is 26.0. The van der Waals surface area contributed by atoms with Crippen LogP contribution in [0.15, 0.2) is 11.6 Å². The molecule has 10 heteroatoms. The van der Waals surface area contributed by atoms with Crippen LogP contribution in [0.2, 0.25) is 0 Å². The molecule has 4 fully saturated rings. The number of hydrogen-bond acceptors (Lipinski definition) is 6. The smallest absolute Gasteiger partial charge is 0.249 e. The second-order valence-electron chi connectivity index (χ2n) is 16.7. The van der Waals surface area contributed by atoms with Gasteiger partial charge in [-0.3, -0.25) is 24.1 Å². The summed E-state index contributed by atoms with van der Waals surface area (Å²) >= 11 is 0. The van der Waals surface area contributed by atoms with Gasteiger partial charge in [0.05, 0.1) is 12.1 Å². The first-order valence-electron chi connectivity index (χ1n) is 19.0. The molecule has 0 aromatic rings. The van der Waals surface area contributed by atoms with E-state index in [0.717, 1.165) is 71.2 Å². The summed E-state index contributed by atoms with van der Waals surface area (Å²) in [5.41, 5.74) is 0.0361. The Morgan fingerprint density at radius 2 is 1.42 bits per heavy atom. The third-order valence-corrected chi connectivity index (χ3v) is 11.3. The number of nitrogens with one attached hydrogen (secondary N) is 1. The number of rotatable bonds is 11. The maximum Gasteiger partial charge on any atom is 0.249 e. The summed E-state index contributed by atoms with van der Waals surface area (Å²) in [5, 5.41) is 3.17. The Kier molecular flexibility index (Phi) is 13.2. The lowest BCUT2D eigenvalue weighted by Crippen LogP contribution is -2.60. The van der Waals surface area contributed by atoms with Gasteiger partial charge >= 0.3 is 0 Å². The van der Waals surface area contributed by atoms with Crippen molar-refractivity contribution < 1.29 is 19.2 Å². The van der Waals surface area contributed by atoms with Crippen LogP contribution in [0, 0.1) is 11.3 Å². The first kappa shape index (κ1) is 38.3. The number of carbonyl (C=O) groups excluding carboxylic acids is 4. The number of likely N-dealkylation sites (tertiary alicyclic amines) is 4. The van der Waals surface area contributed by atoms with Crippen LogP contribution in [0.3, 0.4) is 0 Å². The molecule has 0 spiro atoms. The van der Waals surface area contributed by atoms with E-state index in [0.29, 0.717) is 18.5 Å². The fourth-order valence-corrected chi connectivity index (χ4v) is 8.43. The maximum atomic E-state index is 14.2. The first-order chi connectivity index (χ1) is 22.6. The van der Waals surface area contributed by atoms with Gasteiger partial charge in [-0.2, -0.15) is 0 Å². The predicted molar refractivity (Wildman–Crippen MR) is 191 cm³/mol. The molecule has 4 saturated heterocycles. The van der Waals surface area contributed by atoms with Gasteiger partial charge in [0.25, 0.3) is 0 Å². The number of nitrogens with zero attached hydrogens (tertiary/aromatic N) is 5. The number of amides is 4. The minimum atomic E-state index is -0.717. The van der Waals surface area contributed by atoms with E-state index >= 15 is 0 Å². The third kappa shape index (κ3) is 9.01. The summed E-state index contributed by atoms with van der Waals surface area (Å²) in [6.07, 6.45) is 10.8. The lowest BCUT2D eigenvalue weighted by Gasteiger charge is -2.41. The second-order valence-corrected chi connectivity index (χ2v) is 16.7. The maximum absolute atomic E-state index is 14.2. The molecule has 0 saturated carbocycles. The van der Waals surface area contributed by atoms with Gasteiger partial charge in [0.1, 0.15) is 12.1 Å². The molecule has 0 aliphatic carbocycles. The van der Waals surface area contributed by atoms with Crippen LogP contribution in [0.4, 0.5) is 0 Å². The molecule has 0 aromatic heterocycles. The molecule has 0 radical (unpaired) electrons. The average molecular weight is 671 g/mol. The van der Waals surface area contributed by atoms with Crippen molar-refractivity contribution >= 4 is 23.6 Å². The molecular formula is C38H66N6O4. The van der Waals surface area contributed by atoms with Crippen LogP contribution in [-0.2, 0) is 19.2 Å². The Hall–Kier alpha value is -2.46. The molecule has 4 aliphatic heterocycles. The summed E-state index contributed by atoms with van der Waals surface area (Å²) in [4.78, 5) is 66.1. The standard InChI is InChI=1S/C38H66N6O4/c1-26(2)32(40(9)37(48)33(38(6,7)8)39-34(45)30-17-10-11-21-42(30)27(3)4)24-28(5)35(46)44-23-15-18-31(44)36(47)43-22-14-16-29(43)25-41-19-12-13-20-41/h24,26-27,29-33H,10-23,25H2,1-9H3,(H,39,45)/b28-24+/t29-,30?,31-,32+,33+/m0/s1. The van der Waals surface area contributed by atoms with Crippen molar-refractivity contribution in [1.82, 2.24) is 29.8 Å². The summed E-state index contributed by atoms with van der Waals surface area (Å²) in [5.74, 6) is -0.247. The quantitative estimate of drug-likeness (QED) is 0.330. The molecule has 4 heterocycles. The van der Waals surface area contributed by atoms with Gasteiger partial charge in [-0.05, 0) is 103 Å².